The van der Waals surface area contributed by atoms with Crippen molar-refractivity contribution in [2.45, 2.75) is 18.3 Å². The third-order valence-corrected chi connectivity index (χ3v) is 5.61. The highest BCUT2D eigenvalue weighted by Gasteiger charge is 2.35. The fourth-order valence-corrected chi connectivity index (χ4v) is 3.70. The van der Waals surface area contributed by atoms with E-state index in [0.717, 1.165) is 18.4 Å². The van der Waals surface area contributed by atoms with Crippen molar-refractivity contribution in [3.63, 3.8) is 0 Å². The first kappa shape index (κ1) is 18.4. The lowest BCUT2D eigenvalue weighted by Crippen LogP contribution is -2.44. The molecule has 1 aliphatic rings. The Balaban J connectivity index is 1.80. The van der Waals surface area contributed by atoms with Gasteiger partial charge in [-0.15, -0.1) is 0 Å². The van der Waals surface area contributed by atoms with Crippen LogP contribution in [0.4, 0.5) is 4.39 Å². The largest absolute Gasteiger partial charge is 0.381 e. The fraction of sp³-hybridized carbons (Fsp3) is 0.316. The van der Waals surface area contributed by atoms with Crippen LogP contribution in [0.25, 0.3) is 0 Å². The summed E-state index contributed by atoms with van der Waals surface area (Å²) in [7, 11) is 0. The second-order valence-corrected chi connectivity index (χ2v) is 7.50. The highest BCUT2D eigenvalue weighted by molar-refractivity contribution is 9.10. The Kier molecular flexibility index (Phi) is 5.77. The molecule has 0 aromatic heterocycles. The minimum absolute atomic E-state index is 0.210. The molecule has 132 valence electrons. The molecule has 1 aliphatic heterocycles. The van der Waals surface area contributed by atoms with Crippen molar-refractivity contribution in [3.05, 3.63) is 68.9 Å². The number of carbonyl (C=O) groups is 1. The quantitative estimate of drug-likeness (QED) is 0.768. The number of hydrogen-bond donors (Lipinski definition) is 1. The first-order chi connectivity index (χ1) is 12.0. The summed E-state index contributed by atoms with van der Waals surface area (Å²) in [4.78, 5) is 12.5. The smallest absolute Gasteiger partial charge is 0.252 e. The Morgan fingerprint density at radius 1 is 1.20 bits per heavy atom. The second kappa shape index (κ2) is 7.85. The van der Waals surface area contributed by atoms with Crippen LogP contribution in [0, 0.1) is 5.82 Å². The molecule has 2 aromatic carbocycles. The number of rotatable bonds is 4. The fourth-order valence-electron chi connectivity index (χ4n) is 3.15. The van der Waals surface area contributed by atoms with Gasteiger partial charge < -0.3 is 10.1 Å². The molecule has 0 spiro atoms. The van der Waals surface area contributed by atoms with Crippen molar-refractivity contribution in [3.8, 4) is 0 Å². The Morgan fingerprint density at radius 2 is 1.88 bits per heavy atom. The summed E-state index contributed by atoms with van der Waals surface area (Å²) in [5.74, 6) is -0.738. The highest BCUT2D eigenvalue weighted by Crippen LogP contribution is 2.35. The molecular formula is C19H18BrClFNO2. The van der Waals surface area contributed by atoms with E-state index in [0.29, 0.717) is 34.8 Å². The second-order valence-electron chi connectivity index (χ2n) is 6.21. The first-order valence-electron chi connectivity index (χ1n) is 8.07. The molecule has 0 aliphatic carbocycles. The third-order valence-electron chi connectivity index (χ3n) is 4.67. The maximum absolute atomic E-state index is 13.5. The number of benzene rings is 2. The molecule has 3 nitrogen and oxygen atoms in total. The topological polar surface area (TPSA) is 38.3 Å². The number of ether oxygens (including phenoxy) is 1. The SMILES string of the molecule is O=C(NCC1(c2ccc(Cl)cc2)CCOCC1)c1cc(F)ccc1Br. The van der Waals surface area contributed by atoms with Crippen molar-refractivity contribution < 1.29 is 13.9 Å². The molecular weight excluding hydrogens is 409 g/mol. The van der Waals surface area contributed by atoms with Gasteiger partial charge in [-0.3, -0.25) is 4.79 Å². The van der Waals surface area contributed by atoms with Gasteiger partial charge in [0.25, 0.3) is 5.91 Å². The monoisotopic (exact) mass is 425 g/mol. The van der Waals surface area contributed by atoms with E-state index in [1.165, 1.54) is 18.2 Å². The molecule has 1 saturated heterocycles. The van der Waals surface area contributed by atoms with E-state index >= 15 is 0 Å². The normalized spacial score (nSPS) is 16.4. The zero-order valence-electron chi connectivity index (χ0n) is 13.5. The molecule has 0 unspecified atom stereocenters. The molecule has 3 rings (SSSR count). The van der Waals surface area contributed by atoms with Crippen molar-refractivity contribution in [2.24, 2.45) is 0 Å². The van der Waals surface area contributed by atoms with E-state index < -0.39 is 5.82 Å². The summed E-state index contributed by atoms with van der Waals surface area (Å²) in [6.45, 7) is 1.74. The molecule has 25 heavy (non-hydrogen) atoms. The van der Waals surface area contributed by atoms with Crippen LogP contribution in [-0.2, 0) is 10.2 Å². The summed E-state index contributed by atoms with van der Waals surface area (Å²) < 4.78 is 19.5. The molecule has 1 amide bonds. The predicted octanol–water partition coefficient (Wildman–Crippen LogP) is 4.72. The first-order valence-corrected chi connectivity index (χ1v) is 9.24. The van der Waals surface area contributed by atoms with Crippen LogP contribution in [0.5, 0.6) is 0 Å². The number of hydrogen-bond acceptors (Lipinski definition) is 2. The van der Waals surface area contributed by atoms with Gasteiger partial charge in [0, 0.05) is 34.7 Å². The van der Waals surface area contributed by atoms with Gasteiger partial charge >= 0.3 is 0 Å². The number of nitrogens with one attached hydrogen (secondary N) is 1. The molecule has 1 heterocycles. The van der Waals surface area contributed by atoms with Gasteiger partial charge in [-0.05, 0) is 64.7 Å². The molecule has 1 fully saturated rings. The molecule has 0 saturated carbocycles. The molecule has 1 N–H and O–H groups in total. The third kappa shape index (κ3) is 4.22. The standard InChI is InChI=1S/C19H18BrClFNO2/c20-17-6-5-15(22)11-16(17)18(24)23-12-19(7-9-25-10-8-19)13-1-3-14(21)4-2-13/h1-6,11H,7-10,12H2,(H,23,24). The van der Waals surface area contributed by atoms with Crippen molar-refractivity contribution >= 4 is 33.4 Å². The lowest BCUT2D eigenvalue weighted by Gasteiger charge is -2.38. The van der Waals surface area contributed by atoms with E-state index in [4.69, 9.17) is 16.3 Å². The Hall–Kier alpha value is -1.43. The summed E-state index contributed by atoms with van der Waals surface area (Å²) in [5, 5.41) is 3.65. The number of amides is 1. The summed E-state index contributed by atoms with van der Waals surface area (Å²) >= 11 is 9.30. The molecule has 6 heteroatoms. The molecule has 0 atom stereocenters. The molecule has 0 bridgehead atoms. The van der Waals surface area contributed by atoms with E-state index in [9.17, 15) is 9.18 Å². The van der Waals surface area contributed by atoms with Crippen LogP contribution in [0.3, 0.4) is 0 Å². The lowest BCUT2D eigenvalue weighted by atomic mass is 9.74. The number of halogens is 3. The van der Waals surface area contributed by atoms with Crippen LogP contribution < -0.4 is 5.32 Å². The summed E-state index contributed by atoms with van der Waals surface area (Å²) in [6.07, 6.45) is 1.61. The summed E-state index contributed by atoms with van der Waals surface area (Å²) in [6, 6.07) is 11.8. The van der Waals surface area contributed by atoms with Crippen LogP contribution >= 0.6 is 27.5 Å². The maximum atomic E-state index is 13.5. The van der Waals surface area contributed by atoms with E-state index in [1.54, 1.807) is 0 Å². The average Bonchev–Trinajstić information content (AvgIpc) is 2.63. The zero-order chi connectivity index (χ0) is 17.9. The zero-order valence-corrected chi connectivity index (χ0v) is 15.9. The van der Waals surface area contributed by atoms with Crippen LogP contribution in [0.2, 0.25) is 5.02 Å². The van der Waals surface area contributed by atoms with Gasteiger partial charge in [-0.25, -0.2) is 4.39 Å². The average molecular weight is 427 g/mol. The van der Waals surface area contributed by atoms with E-state index in [-0.39, 0.29) is 11.3 Å². The van der Waals surface area contributed by atoms with Crippen molar-refractivity contribution in [1.29, 1.82) is 0 Å². The molecule has 0 radical (unpaired) electrons. The van der Waals surface area contributed by atoms with Gasteiger partial charge in [-0.2, -0.15) is 0 Å². The van der Waals surface area contributed by atoms with Crippen molar-refractivity contribution in [2.75, 3.05) is 19.8 Å². The van der Waals surface area contributed by atoms with Crippen LogP contribution in [-0.4, -0.2) is 25.7 Å². The van der Waals surface area contributed by atoms with Gasteiger partial charge in [-0.1, -0.05) is 23.7 Å². The minimum atomic E-state index is -0.438. The van der Waals surface area contributed by atoms with E-state index in [1.807, 2.05) is 24.3 Å². The highest BCUT2D eigenvalue weighted by atomic mass is 79.9. The Bertz CT molecular complexity index is 761. The predicted molar refractivity (Wildman–Crippen MR) is 99.6 cm³/mol. The Morgan fingerprint density at radius 3 is 2.56 bits per heavy atom. The Labute approximate surface area is 159 Å². The lowest BCUT2D eigenvalue weighted by molar-refractivity contribution is 0.0487. The van der Waals surface area contributed by atoms with Gasteiger partial charge in [0.05, 0.1) is 5.56 Å². The van der Waals surface area contributed by atoms with Gasteiger partial charge in [0.1, 0.15) is 5.82 Å². The van der Waals surface area contributed by atoms with Crippen molar-refractivity contribution in [1.82, 2.24) is 5.32 Å². The van der Waals surface area contributed by atoms with E-state index in [2.05, 4.69) is 21.2 Å². The molecule has 2 aromatic rings. The summed E-state index contributed by atoms with van der Waals surface area (Å²) in [5.41, 5.74) is 1.20. The van der Waals surface area contributed by atoms with Gasteiger partial charge in [0.15, 0.2) is 0 Å². The van der Waals surface area contributed by atoms with Gasteiger partial charge in [0.2, 0.25) is 0 Å². The minimum Gasteiger partial charge on any atom is -0.381 e. The van der Waals surface area contributed by atoms with Crippen LogP contribution in [0.1, 0.15) is 28.8 Å². The van der Waals surface area contributed by atoms with Crippen LogP contribution in [0.15, 0.2) is 46.9 Å². The maximum Gasteiger partial charge on any atom is 0.252 e. The number of carbonyl (C=O) groups excluding carboxylic acids is 1.